The molecule has 0 bridgehead atoms. The third-order valence-electron chi connectivity index (χ3n) is 6.20. The zero-order valence-corrected chi connectivity index (χ0v) is 20.9. The van der Waals surface area contributed by atoms with E-state index in [0.717, 1.165) is 41.8 Å². The highest BCUT2D eigenvalue weighted by atomic mass is 79.9. The lowest BCUT2D eigenvalue weighted by Crippen LogP contribution is -2.33. The second kappa shape index (κ2) is 10.1. The molecule has 0 N–H and O–H groups in total. The minimum absolute atomic E-state index is 0.150. The fraction of sp³-hybridized carbons (Fsp3) is 0.385. The highest BCUT2D eigenvalue weighted by Crippen LogP contribution is 2.39. The second-order valence-corrected chi connectivity index (χ2v) is 9.01. The van der Waals surface area contributed by atoms with Crippen molar-refractivity contribution in [1.82, 2.24) is 9.80 Å². The van der Waals surface area contributed by atoms with Crippen LogP contribution in [0.5, 0.6) is 5.75 Å². The minimum atomic E-state index is -0.487. The van der Waals surface area contributed by atoms with Gasteiger partial charge in [-0.15, -0.1) is 0 Å². The van der Waals surface area contributed by atoms with Gasteiger partial charge in [-0.05, 0) is 68.9 Å². The third-order valence-corrected chi connectivity index (χ3v) is 6.70. The van der Waals surface area contributed by atoms with Crippen LogP contribution in [0.4, 0.5) is 0 Å². The van der Waals surface area contributed by atoms with Crippen LogP contribution in [0.1, 0.15) is 54.9 Å². The van der Waals surface area contributed by atoms with Crippen LogP contribution in [0.2, 0.25) is 0 Å². The summed E-state index contributed by atoms with van der Waals surface area (Å²) in [6.07, 6.45) is 0.814. The van der Waals surface area contributed by atoms with Crippen molar-refractivity contribution in [2.75, 3.05) is 32.8 Å². The molecule has 2 heterocycles. The van der Waals surface area contributed by atoms with Crippen molar-refractivity contribution < 1.29 is 13.9 Å². The average Bonchev–Trinajstić information content (AvgIpc) is 3.10. The fourth-order valence-corrected chi connectivity index (χ4v) is 4.85. The van der Waals surface area contributed by atoms with E-state index in [1.54, 1.807) is 17.0 Å². The van der Waals surface area contributed by atoms with E-state index in [2.05, 4.69) is 34.7 Å². The smallest absolute Gasteiger partial charge is 0.290 e. The molecule has 4 rings (SSSR count). The molecule has 1 aromatic heterocycles. The van der Waals surface area contributed by atoms with Gasteiger partial charge < -0.3 is 19.0 Å². The van der Waals surface area contributed by atoms with E-state index in [0.29, 0.717) is 29.7 Å². The van der Waals surface area contributed by atoms with Crippen LogP contribution in [0.25, 0.3) is 11.0 Å². The van der Waals surface area contributed by atoms with Crippen molar-refractivity contribution in [1.29, 1.82) is 0 Å². The first-order chi connectivity index (χ1) is 16.0. The molecule has 33 heavy (non-hydrogen) atoms. The molecule has 2 aromatic carbocycles. The molecule has 0 unspecified atom stereocenters. The van der Waals surface area contributed by atoms with Crippen molar-refractivity contribution in [3.8, 4) is 5.75 Å². The Labute approximate surface area is 202 Å². The Morgan fingerprint density at radius 2 is 1.79 bits per heavy atom. The highest BCUT2D eigenvalue weighted by Gasteiger charge is 2.42. The number of carbonyl (C=O) groups is 1. The zero-order valence-electron chi connectivity index (χ0n) is 19.3. The summed E-state index contributed by atoms with van der Waals surface area (Å²) < 4.78 is 12.4. The summed E-state index contributed by atoms with van der Waals surface area (Å²) in [4.78, 5) is 31.2. The minimum Gasteiger partial charge on any atom is -0.494 e. The van der Waals surface area contributed by atoms with Crippen molar-refractivity contribution in [3.05, 3.63) is 74.0 Å². The molecule has 0 saturated heterocycles. The number of hydrogen-bond acceptors (Lipinski definition) is 5. The number of ether oxygens (including phenoxy) is 1. The summed E-state index contributed by atoms with van der Waals surface area (Å²) in [5.74, 6) is 0.676. The molecule has 174 valence electrons. The Kier molecular flexibility index (Phi) is 7.20. The van der Waals surface area contributed by atoms with Gasteiger partial charge in [-0.2, -0.15) is 0 Å². The lowest BCUT2D eigenvalue weighted by atomic mass is 9.98. The molecule has 6 nitrogen and oxygen atoms in total. The van der Waals surface area contributed by atoms with Crippen LogP contribution in [0.15, 0.2) is 56.1 Å². The van der Waals surface area contributed by atoms with Gasteiger partial charge in [-0.3, -0.25) is 9.59 Å². The Morgan fingerprint density at radius 3 is 2.45 bits per heavy atom. The quantitative estimate of drug-likeness (QED) is 0.392. The first-order valence-electron chi connectivity index (χ1n) is 11.5. The number of rotatable bonds is 9. The summed E-state index contributed by atoms with van der Waals surface area (Å²) in [5, 5.41) is 0.469. The molecule has 0 saturated carbocycles. The normalized spacial score (nSPS) is 15.5. The monoisotopic (exact) mass is 512 g/mol. The molecule has 3 aromatic rings. The maximum absolute atomic E-state index is 13.6. The Bertz CT molecular complexity index is 1200. The van der Waals surface area contributed by atoms with Gasteiger partial charge in [-0.25, -0.2) is 0 Å². The number of fused-ring (bicyclic) bond motifs is 2. The van der Waals surface area contributed by atoms with Gasteiger partial charge in [0.05, 0.1) is 23.6 Å². The number of carbonyl (C=O) groups excluding carboxylic acids is 1. The molecule has 0 fully saturated rings. The first kappa shape index (κ1) is 23.5. The number of nitrogens with zero attached hydrogens (tertiary/aromatic N) is 2. The van der Waals surface area contributed by atoms with E-state index < -0.39 is 6.04 Å². The molecule has 1 atom stereocenters. The van der Waals surface area contributed by atoms with Crippen molar-refractivity contribution in [2.45, 2.75) is 33.2 Å². The maximum atomic E-state index is 13.6. The number of hydrogen-bond donors (Lipinski definition) is 0. The first-order valence-corrected chi connectivity index (χ1v) is 12.3. The summed E-state index contributed by atoms with van der Waals surface area (Å²) in [5.41, 5.74) is 1.55. The molecule has 1 aliphatic rings. The van der Waals surface area contributed by atoms with Crippen molar-refractivity contribution in [2.24, 2.45) is 0 Å². The molecular weight excluding hydrogens is 484 g/mol. The van der Waals surface area contributed by atoms with Gasteiger partial charge >= 0.3 is 0 Å². The molecule has 0 aliphatic carbocycles. The standard InChI is InChI=1S/C26H29BrN2O4/c1-4-28(5-2)14-7-15-29-23(17-8-11-19(12-9-17)32-6-3)22-24(30)20-16-18(27)10-13-21(20)33-25(22)26(29)31/h8-13,16,23H,4-7,14-15H2,1-3H3/t23-/m0/s1. The van der Waals surface area contributed by atoms with Crippen molar-refractivity contribution in [3.63, 3.8) is 0 Å². The van der Waals surface area contributed by atoms with Crippen molar-refractivity contribution >= 4 is 32.8 Å². The fourth-order valence-electron chi connectivity index (χ4n) is 4.49. The van der Waals surface area contributed by atoms with E-state index >= 15 is 0 Å². The maximum Gasteiger partial charge on any atom is 0.290 e. The SMILES string of the molecule is CCOc1ccc([C@H]2c3c(oc4ccc(Br)cc4c3=O)C(=O)N2CCCN(CC)CC)cc1. The largest absolute Gasteiger partial charge is 0.494 e. The van der Waals surface area contributed by atoms with E-state index in [-0.39, 0.29) is 17.1 Å². The van der Waals surface area contributed by atoms with E-state index in [4.69, 9.17) is 9.15 Å². The Hall–Kier alpha value is -2.64. The second-order valence-electron chi connectivity index (χ2n) is 8.10. The predicted molar refractivity (Wildman–Crippen MR) is 133 cm³/mol. The molecule has 1 aliphatic heterocycles. The van der Waals surface area contributed by atoms with Gasteiger partial charge in [0.25, 0.3) is 5.91 Å². The molecule has 7 heteroatoms. The summed E-state index contributed by atoms with van der Waals surface area (Å²) in [6.45, 7) is 10.1. The van der Waals surface area contributed by atoms with Crippen LogP contribution in [-0.2, 0) is 0 Å². The molecule has 0 spiro atoms. The predicted octanol–water partition coefficient (Wildman–Crippen LogP) is 5.23. The molecule has 1 amide bonds. The molecular formula is C26H29BrN2O4. The Balaban J connectivity index is 1.78. The highest BCUT2D eigenvalue weighted by molar-refractivity contribution is 9.10. The molecule has 0 radical (unpaired) electrons. The van der Waals surface area contributed by atoms with Gasteiger partial charge in [0.1, 0.15) is 11.3 Å². The van der Waals surface area contributed by atoms with E-state index in [9.17, 15) is 9.59 Å². The van der Waals surface area contributed by atoms with Gasteiger partial charge in [0.15, 0.2) is 5.43 Å². The van der Waals surface area contributed by atoms with Gasteiger partial charge in [0.2, 0.25) is 5.76 Å². The van der Waals surface area contributed by atoms with E-state index in [1.807, 2.05) is 37.3 Å². The lowest BCUT2D eigenvalue weighted by molar-refractivity contribution is 0.0720. The van der Waals surface area contributed by atoms with Gasteiger partial charge in [-0.1, -0.05) is 41.9 Å². The Morgan fingerprint density at radius 1 is 1.06 bits per heavy atom. The number of halogens is 1. The lowest BCUT2D eigenvalue weighted by Gasteiger charge is -2.26. The van der Waals surface area contributed by atoms with Gasteiger partial charge in [0, 0.05) is 11.0 Å². The average molecular weight is 513 g/mol. The summed E-state index contributed by atoms with van der Waals surface area (Å²) >= 11 is 3.44. The third kappa shape index (κ3) is 4.57. The van der Waals surface area contributed by atoms with Crippen LogP contribution >= 0.6 is 15.9 Å². The number of benzene rings is 2. The number of amides is 1. The summed E-state index contributed by atoms with van der Waals surface area (Å²) in [6, 6.07) is 12.4. The topological polar surface area (TPSA) is 63.0 Å². The van der Waals surface area contributed by atoms with Crippen LogP contribution < -0.4 is 10.2 Å². The van der Waals surface area contributed by atoms with Crippen LogP contribution in [0.3, 0.4) is 0 Å². The van der Waals surface area contributed by atoms with Crippen LogP contribution in [0, 0.1) is 0 Å². The van der Waals surface area contributed by atoms with Crippen LogP contribution in [-0.4, -0.2) is 48.5 Å². The van der Waals surface area contributed by atoms with E-state index in [1.165, 1.54) is 0 Å². The zero-order chi connectivity index (χ0) is 23.5. The summed E-state index contributed by atoms with van der Waals surface area (Å²) in [7, 11) is 0.